The molecule has 0 amide bonds. The topological polar surface area (TPSA) is 55.4 Å². The van der Waals surface area contributed by atoms with Crippen LogP contribution in [-0.4, -0.2) is 42.7 Å². The van der Waals surface area contributed by atoms with Crippen molar-refractivity contribution in [3.05, 3.63) is 72.8 Å². The van der Waals surface area contributed by atoms with Crippen molar-refractivity contribution in [2.45, 2.75) is 0 Å². The Balaban J connectivity index is 1.87. The van der Waals surface area contributed by atoms with Crippen LogP contribution in [0.15, 0.2) is 72.8 Å². The van der Waals surface area contributed by atoms with Crippen molar-refractivity contribution in [2.75, 3.05) is 42.7 Å². The largest absolute Gasteiger partial charge is 0.497 e. The molecule has 0 atom stereocenters. The van der Waals surface area contributed by atoms with E-state index in [1.54, 1.807) is 42.7 Å². The Morgan fingerprint density at radius 3 is 1.32 bits per heavy atom. The molecule has 0 unspecified atom stereocenters. The summed E-state index contributed by atoms with van der Waals surface area (Å²) in [6.45, 7) is 0. The monoisotopic (exact) mass is 534 g/mol. The molecule has 0 bridgehead atoms. The number of ether oxygens (including phenoxy) is 6. The normalized spacial score (nSPS) is 11.2. The lowest BCUT2D eigenvalue weighted by atomic mass is 9.92. The molecule has 2 aliphatic rings. The van der Waals surface area contributed by atoms with Crippen molar-refractivity contribution in [1.82, 2.24) is 0 Å². The van der Waals surface area contributed by atoms with Gasteiger partial charge in [-0.3, -0.25) is 0 Å². The lowest BCUT2D eigenvalue weighted by molar-refractivity contribution is 0.355. The molecule has 4 aromatic rings. The summed E-state index contributed by atoms with van der Waals surface area (Å²) >= 11 is 0. The highest BCUT2D eigenvalue weighted by molar-refractivity contribution is 6.32. The average Bonchev–Trinajstić information content (AvgIpc) is 3.28. The SMILES string of the molecule is COc1ccc(-c2ccc(OC)cc3cc4c5cc(OC)c(OC)cc5c5cc(OC)c(OC)cc5c4c2-3)cc1. The van der Waals surface area contributed by atoms with Gasteiger partial charge in [-0.2, -0.15) is 0 Å². The van der Waals surface area contributed by atoms with Gasteiger partial charge in [0.25, 0.3) is 0 Å². The molecule has 0 saturated carbocycles. The van der Waals surface area contributed by atoms with Crippen LogP contribution in [0.25, 0.3) is 54.6 Å². The molecule has 0 radical (unpaired) electrons. The molecule has 40 heavy (non-hydrogen) atoms. The minimum atomic E-state index is 0.656. The fourth-order valence-corrected chi connectivity index (χ4v) is 5.70. The highest BCUT2D eigenvalue weighted by atomic mass is 16.5. The second-order valence-electron chi connectivity index (χ2n) is 9.50. The van der Waals surface area contributed by atoms with Gasteiger partial charge in [-0.1, -0.05) is 18.2 Å². The Kier molecular flexibility index (Phi) is 6.39. The first-order chi connectivity index (χ1) is 19.5. The van der Waals surface area contributed by atoms with Crippen LogP contribution in [0.2, 0.25) is 0 Å². The molecule has 0 aromatic heterocycles. The predicted molar refractivity (Wildman–Crippen MR) is 160 cm³/mol. The van der Waals surface area contributed by atoms with Crippen LogP contribution in [0.5, 0.6) is 34.5 Å². The third-order valence-corrected chi connectivity index (χ3v) is 7.62. The van der Waals surface area contributed by atoms with E-state index in [2.05, 4.69) is 42.5 Å². The summed E-state index contributed by atoms with van der Waals surface area (Å²) in [5.74, 6) is 4.22. The Labute approximate surface area is 232 Å². The van der Waals surface area contributed by atoms with Crippen molar-refractivity contribution in [1.29, 1.82) is 0 Å². The molecule has 0 spiro atoms. The highest BCUT2D eigenvalue weighted by Crippen LogP contribution is 2.51. The molecule has 4 aromatic carbocycles. The quantitative estimate of drug-likeness (QED) is 0.194. The maximum atomic E-state index is 5.77. The van der Waals surface area contributed by atoms with Gasteiger partial charge in [0, 0.05) is 0 Å². The van der Waals surface area contributed by atoms with E-state index >= 15 is 0 Å². The molecule has 6 heteroatoms. The molecule has 0 N–H and O–H groups in total. The summed E-state index contributed by atoms with van der Waals surface area (Å²) in [4.78, 5) is 0. The average molecular weight is 535 g/mol. The molecule has 0 saturated heterocycles. The smallest absolute Gasteiger partial charge is 0.161 e. The lowest BCUT2D eigenvalue weighted by Crippen LogP contribution is -1.94. The molecule has 0 heterocycles. The van der Waals surface area contributed by atoms with E-state index in [9.17, 15) is 0 Å². The van der Waals surface area contributed by atoms with Gasteiger partial charge in [0.15, 0.2) is 23.0 Å². The van der Waals surface area contributed by atoms with Crippen LogP contribution in [0.3, 0.4) is 0 Å². The number of hydrogen-bond acceptors (Lipinski definition) is 6. The van der Waals surface area contributed by atoms with Crippen LogP contribution in [0.4, 0.5) is 0 Å². The molecule has 6 nitrogen and oxygen atoms in total. The Morgan fingerprint density at radius 1 is 0.375 bits per heavy atom. The van der Waals surface area contributed by atoms with Gasteiger partial charge >= 0.3 is 0 Å². The molecule has 6 rings (SSSR count). The van der Waals surface area contributed by atoms with Gasteiger partial charge in [-0.25, -0.2) is 0 Å². The zero-order valence-corrected chi connectivity index (χ0v) is 23.4. The first-order valence-corrected chi connectivity index (χ1v) is 12.9. The van der Waals surface area contributed by atoms with Crippen molar-refractivity contribution < 1.29 is 28.4 Å². The van der Waals surface area contributed by atoms with E-state index < -0.39 is 0 Å². The van der Waals surface area contributed by atoms with Gasteiger partial charge in [0.1, 0.15) is 11.5 Å². The zero-order valence-electron chi connectivity index (χ0n) is 23.4. The first kappa shape index (κ1) is 25.4. The summed E-state index contributed by atoms with van der Waals surface area (Å²) < 4.78 is 34.1. The standard InChI is InChI=1S/C34H30O6/c1-35-21-9-7-19(8-10-21)23-12-11-22(36-2)13-20-14-27-25-16-30(38-4)29(37-3)15-24(25)26-17-31(39-5)32(40-6)18-28(26)34(27)33(20)23/h7-18H,1-6H3. The van der Waals surface area contributed by atoms with Crippen molar-refractivity contribution in [3.63, 3.8) is 0 Å². The van der Waals surface area contributed by atoms with Gasteiger partial charge < -0.3 is 28.4 Å². The molecular formula is C34H30O6. The number of hydrogen-bond donors (Lipinski definition) is 0. The number of rotatable bonds is 7. The third kappa shape index (κ3) is 3.87. The summed E-state index contributed by atoms with van der Waals surface area (Å²) in [6, 6.07) is 24.8. The van der Waals surface area contributed by atoms with Crippen molar-refractivity contribution >= 4 is 32.3 Å². The van der Waals surface area contributed by atoms with E-state index in [-0.39, 0.29) is 0 Å². The van der Waals surface area contributed by atoms with Crippen molar-refractivity contribution in [2.24, 2.45) is 0 Å². The first-order valence-electron chi connectivity index (χ1n) is 12.9. The lowest BCUT2D eigenvalue weighted by Gasteiger charge is -2.16. The fourth-order valence-electron chi connectivity index (χ4n) is 5.70. The summed E-state index contributed by atoms with van der Waals surface area (Å²) in [5, 5.41) is 6.34. The summed E-state index contributed by atoms with van der Waals surface area (Å²) in [5.41, 5.74) is 4.31. The van der Waals surface area contributed by atoms with Crippen LogP contribution >= 0.6 is 0 Å². The van der Waals surface area contributed by atoms with E-state index in [1.807, 2.05) is 30.3 Å². The Hall–Kier alpha value is -4.84. The van der Waals surface area contributed by atoms with E-state index in [0.717, 1.165) is 66.1 Å². The van der Waals surface area contributed by atoms with E-state index in [4.69, 9.17) is 28.4 Å². The minimum absolute atomic E-state index is 0.656. The van der Waals surface area contributed by atoms with Crippen LogP contribution in [0, 0.1) is 0 Å². The molecule has 202 valence electrons. The third-order valence-electron chi connectivity index (χ3n) is 7.62. The maximum Gasteiger partial charge on any atom is 0.161 e. The summed E-state index contributed by atoms with van der Waals surface area (Å²) in [7, 11) is 9.98. The molecular weight excluding hydrogens is 504 g/mol. The minimum Gasteiger partial charge on any atom is -0.497 e. The second-order valence-corrected chi connectivity index (χ2v) is 9.50. The van der Waals surface area contributed by atoms with Crippen molar-refractivity contribution in [3.8, 4) is 56.8 Å². The van der Waals surface area contributed by atoms with Crippen LogP contribution in [-0.2, 0) is 0 Å². The van der Waals surface area contributed by atoms with Gasteiger partial charge in [-0.15, -0.1) is 0 Å². The number of fused-ring (bicyclic) bond motifs is 8. The predicted octanol–water partition coefficient (Wildman–Crippen LogP) is 7.97. The van der Waals surface area contributed by atoms with E-state index in [1.165, 1.54) is 0 Å². The Bertz CT molecular complexity index is 1860. The fraction of sp³-hybridized carbons (Fsp3) is 0.176. The molecule has 0 aliphatic heterocycles. The number of methoxy groups -OCH3 is 6. The summed E-state index contributed by atoms with van der Waals surface area (Å²) in [6.07, 6.45) is 0. The van der Waals surface area contributed by atoms with Gasteiger partial charge in [-0.05, 0) is 109 Å². The Morgan fingerprint density at radius 2 is 0.825 bits per heavy atom. The highest BCUT2D eigenvalue weighted by Gasteiger charge is 2.23. The van der Waals surface area contributed by atoms with Crippen LogP contribution in [0.1, 0.15) is 0 Å². The molecule has 0 fully saturated rings. The van der Waals surface area contributed by atoms with Gasteiger partial charge in [0.2, 0.25) is 0 Å². The second kappa shape index (κ2) is 10.0. The maximum absolute atomic E-state index is 5.77. The number of benzene rings is 4. The van der Waals surface area contributed by atoms with Gasteiger partial charge in [0.05, 0.1) is 42.7 Å². The molecule has 2 aliphatic carbocycles. The zero-order chi connectivity index (χ0) is 28.0. The van der Waals surface area contributed by atoms with E-state index in [0.29, 0.717) is 23.0 Å². The van der Waals surface area contributed by atoms with Crippen LogP contribution < -0.4 is 28.4 Å².